The van der Waals surface area contributed by atoms with Gasteiger partial charge in [-0.25, -0.2) is 0 Å². The maximum absolute atomic E-state index is 11.4. The van der Waals surface area contributed by atoms with Crippen molar-refractivity contribution in [2.45, 2.75) is 19.4 Å². The molecule has 1 aromatic rings. The molecule has 1 rings (SSSR count). The highest BCUT2D eigenvalue weighted by Crippen LogP contribution is 1.99. The fourth-order valence-corrected chi connectivity index (χ4v) is 2.37. The zero-order chi connectivity index (χ0) is 10.4. The Kier molecular flexibility index (Phi) is 4.76. The van der Waals surface area contributed by atoms with Crippen molar-refractivity contribution >= 4 is 10.8 Å². The zero-order valence-corrected chi connectivity index (χ0v) is 9.17. The molecule has 1 heterocycles. The molecule has 78 valence electrons. The van der Waals surface area contributed by atoms with Crippen LogP contribution in [-0.2, 0) is 17.2 Å². The molecule has 0 fully saturated rings. The maximum atomic E-state index is 11.4. The third-order valence-corrected chi connectivity index (χ3v) is 3.37. The summed E-state index contributed by atoms with van der Waals surface area (Å²) in [5, 5.41) is 0. The first-order valence-electron chi connectivity index (χ1n) is 4.68. The molecular weight excluding hydrogens is 196 g/mol. The molecule has 2 atom stereocenters. The number of hydrogen-bond donors (Lipinski definition) is 1. The van der Waals surface area contributed by atoms with Crippen LogP contribution in [0.3, 0.4) is 0 Å². The second-order valence-corrected chi connectivity index (χ2v) is 5.01. The highest BCUT2D eigenvalue weighted by Gasteiger charge is 2.03. The summed E-state index contributed by atoms with van der Waals surface area (Å²) >= 11 is 0. The van der Waals surface area contributed by atoms with Crippen LogP contribution in [0.2, 0.25) is 0 Å². The molecule has 1 aromatic heterocycles. The normalized spacial score (nSPS) is 15.0. The van der Waals surface area contributed by atoms with Gasteiger partial charge in [-0.2, -0.15) is 0 Å². The summed E-state index contributed by atoms with van der Waals surface area (Å²) in [7, 11) is -0.796. The molecule has 2 N–H and O–H groups in total. The van der Waals surface area contributed by atoms with Crippen LogP contribution in [0.15, 0.2) is 24.5 Å². The van der Waals surface area contributed by atoms with Crippen molar-refractivity contribution in [1.29, 1.82) is 0 Å². The molecule has 0 saturated heterocycles. The number of nitrogens with zero attached hydrogens (tertiary/aromatic N) is 1. The molecule has 0 aliphatic heterocycles. The quantitative estimate of drug-likeness (QED) is 0.782. The summed E-state index contributed by atoms with van der Waals surface area (Å²) in [6.07, 6.45) is 4.34. The van der Waals surface area contributed by atoms with Gasteiger partial charge in [-0.1, -0.05) is 0 Å². The van der Waals surface area contributed by atoms with Crippen LogP contribution < -0.4 is 5.73 Å². The summed E-state index contributed by atoms with van der Waals surface area (Å²) in [6, 6.07) is 3.92. The summed E-state index contributed by atoms with van der Waals surface area (Å²) in [6.45, 7) is 1.88. The van der Waals surface area contributed by atoms with Gasteiger partial charge in [0.25, 0.3) is 0 Å². The van der Waals surface area contributed by atoms with Crippen LogP contribution in [0.4, 0.5) is 0 Å². The topological polar surface area (TPSA) is 56.0 Å². The second kappa shape index (κ2) is 5.88. The van der Waals surface area contributed by atoms with Crippen molar-refractivity contribution in [1.82, 2.24) is 4.98 Å². The zero-order valence-electron chi connectivity index (χ0n) is 8.35. The standard InChI is InChI=1S/C10H16N2OS/c1-9(11)8-14(13)7-4-10-2-5-12-6-3-10/h2-3,5-6,9H,4,7-8,11H2,1H3. The van der Waals surface area contributed by atoms with Gasteiger partial charge in [-0.15, -0.1) is 0 Å². The Morgan fingerprint density at radius 3 is 2.71 bits per heavy atom. The Labute approximate surface area is 87.2 Å². The molecule has 0 amide bonds. The summed E-state index contributed by atoms with van der Waals surface area (Å²) in [5.41, 5.74) is 6.74. The van der Waals surface area contributed by atoms with Gasteiger partial charge in [0.1, 0.15) is 0 Å². The fourth-order valence-electron chi connectivity index (χ4n) is 1.16. The molecule has 0 saturated carbocycles. The third kappa shape index (κ3) is 4.48. The first-order valence-corrected chi connectivity index (χ1v) is 6.16. The van der Waals surface area contributed by atoms with Gasteiger partial charge < -0.3 is 5.73 Å². The number of aryl methyl sites for hydroxylation is 1. The SMILES string of the molecule is CC(N)CS(=O)CCc1ccncc1. The predicted molar refractivity (Wildman–Crippen MR) is 59.5 cm³/mol. The third-order valence-electron chi connectivity index (χ3n) is 1.82. The minimum atomic E-state index is -0.796. The summed E-state index contributed by atoms with van der Waals surface area (Å²) < 4.78 is 11.4. The van der Waals surface area contributed by atoms with Crippen molar-refractivity contribution in [3.8, 4) is 0 Å². The fraction of sp³-hybridized carbons (Fsp3) is 0.500. The average Bonchev–Trinajstić information content (AvgIpc) is 2.15. The molecule has 0 spiro atoms. The van der Waals surface area contributed by atoms with E-state index in [-0.39, 0.29) is 6.04 Å². The number of pyridine rings is 1. The van der Waals surface area contributed by atoms with Crippen molar-refractivity contribution in [2.75, 3.05) is 11.5 Å². The van der Waals surface area contributed by atoms with Crippen LogP contribution >= 0.6 is 0 Å². The van der Waals surface area contributed by atoms with Crippen LogP contribution in [0.5, 0.6) is 0 Å². The van der Waals surface area contributed by atoms with E-state index in [0.29, 0.717) is 11.5 Å². The number of rotatable bonds is 5. The first kappa shape index (κ1) is 11.3. The van der Waals surface area contributed by atoms with E-state index in [1.165, 1.54) is 5.56 Å². The van der Waals surface area contributed by atoms with E-state index < -0.39 is 10.8 Å². The molecular formula is C10H16N2OS. The lowest BCUT2D eigenvalue weighted by Crippen LogP contribution is -2.24. The lowest BCUT2D eigenvalue weighted by molar-refractivity contribution is 0.676. The molecule has 0 radical (unpaired) electrons. The van der Waals surface area contributed by atoms with Crippen LogP contribution in [0.25, 0.3) is 0 Å². The number of aromatic nitrogens is 1. The maximum Gasteiger partial charge on any atom is 0.0384 e. The van der Waals surface area contributed by atoms with E-state index in [1.54, 1.807) is 12.4 Å². The van der Waals surface area contributed by atoms with Crippen molar-refractivity contribution in [3.05, 3.63) is 30.1 Å². The van der Waals surface area contributed by atoms with Gasteiger partial charge in [0.2, 0.25) is 0 Å². The Hall–Kier alpha value is -0.740. The number of nitrogens with two attached hydrogens (primary N) is 1. The smallest absolute Gasteiger partial charge is 0.0384 e. The summed E-state index contributed by atoms with van der Waals surface area (Å²) in [5.74, 6) is 1.27. The van der Waals surface area contributed by atoms with E-state index in [1.807, 2.05) is 19.1 Å². The van der Waals surface area contributed by atoms with Crippen molar-refractivity contribution in [3.63, 3.8) is 0 Å². The predicted octanol–water partition coefficient (Wildman–Crippen LogP) is 0.720. The van der Waals surface area contributed by atoms with E-state index in [2.05, 4.69) is 4.98 Å². The Morgan fingerprint density at radius 1 is 1.50 bits per heavy atom. The van der Waals surface area contributed by atoms with E-state index in [0.717, 1.165) is 6.42 Å². The van der Waals surface area contributed by atoms with Gasteiger partial charge in [-0.05, 0) is 31.0 Å². The van der Waals surface area contributed by atoms with Crippen molar-refractivity contribution < 1.29 is 4.21 Å². The van der Waals surface area contributed by atoms with E-state index >= 15 is 0 Å². The number of hydrogen-bond acceptors (Lipinski definition) is 3. The highest BCUT2D eigenvalue weighted by molar-refractivity contribution is 7.85. The molecule has 14 heavy (non-hydrogen) atoms. The Bertz CT molecular complexity index is 287. The Balaban J connectivity index is 2.31. The van der Waals surface area contributed by atoms with E-state index in [4.69, 9.17) is 5.73 Å². The van der Waals surface area contributed by atoms with Gasteiger partial charge in [0, 0.05) is 40.7 Å². The van der Waals surface area contributed by atoms with Crippen molar-refractivity contribution in [2.24, 2.45) is 5.73 Å². The average molecular weight is 212 g/mol. The molecule has 0 aliphatic carbocycles. The van der Waals surface area contributed by atoms with Gasteiger partial charge >= 0.3 is 0 Å². The van der Waals surface area contributed by atoms with Crippen LogP contribution in [0, 0.1) is 0 Å². The Morgan fingerprint density at radius 2 is 2.14 bits per heavy atom. The van der Waals surface area contributed by atoms with Gasteiger partial charge in [0.15, 0.2) is 0 Å². The molecule has 0 aromatic carbocycles. The molecule has 0 bridgehead atoms. The molecule has 4 heteroatoms. The lowest BCUT2D eigenvalue weighted by atomic mass is 10.2. The molecule has 2 unspecified atom stereocenters. The lowest BCUT2D eigenvalue weighted by Gasteiger charge is -2.04. The largest absolute Gasteiger partial charge is 0.327 e. The van der Waals surface area contributed by atoms with E-state index in [9.17, 15) is 4.21 Å². The minimum Gasteiger partial charge on any atom is -0.327 e. The minimum absolute atomic E-state index is 0.0215. The van der Waals surface area contributed by atoms with Crippen LogP contribution in [-0.4, -0.2) is 26.7 Å². The summed E-state index contributed by atoms with van der Waals surface area (Å²) in [4.78, 5) is 3.93. The van der Waals surface area contributed by atoms with Gasteiger partial charge in [0.05, 0.1) is 0 Å². The molecule has 3 nitrogen and oxygen atoms in total. The second-order valence-electron chi connectivity index (χ2n) is 3.39. The van der Waals surface area contributed by atoms with Crippen LogP contribution in [0.1, 0.15) is 12.5 Å². The molecule has 0 aliphatic rings. The van der Waals surface area contributed by atoms with Gasteiger partial charge in [-0.3, -0.25) is 9.19 Å². The first-order chi connectivity index (χ1) is 6.68. The monoisotopic (exact) mass is 212 g/mol. The highest BCUT2D eigenvalue weighted by atomic mass is 32.2.